The van der Waals surface area contributed by atoms with E-state index < -0.39 is 29.0 Å². The van der Waals surface area contributed by atoms with E-state index in [4.69, 9.17) is 17.3 Å². The molecule has 4 rings (SSSR count). The molecule has 3 aromatic carbocycles. The van der Waals surface area contributed by atoms with Gasteiger partial charge in [-0.3, -0.25) is 14.4 Å². The van der Waals surface area contributed by atoms with Crippen LogP contribution in [-0.2, 0) is 9.59 Å². The average Bonchev–Trinajstić information content (AvgIpc) is 2.90. The number of carbonyl (C=O) groups is 3. The van der Waals surface area contributed by atoms with E-state index in [1.54, 1.807) is 36.4 Å². The second kappa shape index (κ2) is 9.46. The molecule has 6 nitrogen and oxygen atoms in total. The molecular formula is C24H20ClN3O3S. The summed E-state index contributed by atoms with van der Waals surface area (Å²) in [4.78, 5) is 40.7. The number of benzene rings is 3. The Morgan fingerprint density at radius 2 is 1.62 bits per heavy atom. The van der Waals surface area contributed by atoms with Gasteiger partial charge in [-0.05, 0) is 42.0 Å². The van der Waals surface area contributed by atoms with Gasteiger partial charge >= 0.3 is 0 Å². The second-order valence-corrected chi connectivity index (χ2v) is 8.89. The van der Waals surface area contributed by atoms with Gasteiger partial charge in [0.15, 0.2) is 0 Å². The number of rotatable bonds is 5. The van der Waals surface area contributed by atoms with Crippen LogP contribution in [0.5, 0.6) is 0 Å². The Morgan fingerprint density at radius 3 is 2.31 bits per heavy atom. The average molecular weight is 466 g/mol. The number of hydrogen-bond acceptors (Lipinski definition) is 4. The van der Waals surface area contributed by atoms with E-state index in [-0.39, 0.29) is 6.54 Å². The standard InChI is InChI=1S/C24H20ClN3O3S/c25-17-12-10-16(11-13-17)23(30)27-21-22(15-6-2-1-3-7-15)32-19-9-5-4-8-18(19)28(24(21)31)14-20(26)29/h1-13,21-22H,14H2,(H2,26,29)(H,27,30)/t21-,22-/m1/s1. The number of anilines is 1. The molecule has 1 aliphatic heterocycles. The molecule has 0 fully saturated rings. The lowest BCUT2D eigenvalue weighted by molar-refractivity contribution is -0.123. The predicted octanol–water partition coefficient (Wildman–Crippen LogP) is 3.80. The van der Waals surface area contributed by atoms with E-state index in [0.717, 1.165) is 10.5 Å². The van der Waals surface area contributed by atoms with Crippen molar-refractivity contribution in [2.75, 3.05) is 11.4 Å². The fourth-order valence-corrected chi connectivity index (χ4v) is 5.06. The van der Waals surface area contributed by atoms with Gasteiger partial charge in [-0.25, -0.2) is 0 Å². The van der Waals surface area contributed by atoms with Crippen molar-refractivity contribution in [2.24, 2.45) is 5.73 Å². The van der Waals surface area contributed by atoms with Gasteiger partial charge in [0.1, 0.15) is 12.6 Å². The number of thioether (sulfide) groups is 1. The van der Waals surface area contributed by atoms with Crippen molar-refractivity contribution in [2.45, 2.75) is 16.2 Å². The first kappa shape index (κ1) is 21.9. The van der Waals surface area contributed by atoms with Crippen LogP contribution in [0.2, 0.25) is 5.02 Å². The Hall–Kier alpha value is -3.29. The minimum atomic E-state index is -0.933. The van der Waals surface area contributed by atoms with Crippen LogP contribution in [0.3, 0.4) is 0 Å². The Morgan fingerprint density at radius 1 is 0.969 bits per heavy atom. The maximum Gasteiger partial charge on any atom is 0.251 e. The zero-order valence-electron chi connectivity index (χ0n) is 16.9. The fraction of sp³-hybridized carbons (Fsp3) is 0.125. The molecule has 1 aliphatic rings. The number of carbonyl (C=O) groups excluding carboxylic acids is 3. The minimum absolute atomic E-state index is 0.286. The normalized spacial score (nSPS) is 17.9. The van der Waals surface area contributed by atoms with Gasteiger partial charge in [-0.15, -0.1) is 11.8 Å². The summed E-state index contributed by atoms with van der Waals surface area (Å²) < 4.78 is 0. The molecule has 0 saturated carbocycles. The van der Waals surface area contributed by atoms with Gasteiger partial charge in [-0.2, -0.15) is 0 Å². The number of nitrogens with zero attached hydrogens (tertiary/aromatic N) is 1. The topological polar surface area (TPSA) is 92.5 Å². The molecule has 0 aromatic heterocycles. The number of hydrogen-bond donors (Lipinski definition) is 2. The highest BCUT2D eigenvalue weighted by atomic mass is 35.5. The number of para-hydroxylation sites is 1. The molecule has 3 amide bonds. The molecule has 3 N–H and O–H groups in total. The van der Waals surface area contributed by atoms with Gasteiger partial charge in [0.2, 0.25) is 5.91 Å². The van der Waals surface area contributed by atoms with E-state index in [2.05, 4.69) is 5.32 Å². The van der Waals surface area contributed by atoms with Gasteiger partial charge in [0.05, 0.1) is 10.9 Å². The lowest BCUT2D eigenvalue weighted by Crippen LogP contribution is -2.52. The molecule has 0 spiro atoms. The quantitative estimate of drug-likeness (QED) is 0.599. The van der Waals surface area contributed by atoms with E-state index in [9.17, 15) is 14.4 Å². The summed E-state index contributed by atoms with van der Waals surface area (Å²) in [5.41, 5.74) is 7.30. The van der Waals surface area contributed by atoms with Crippen LogP contribution in [0.25, 0.3) is 0 Å². The lowest BCUT2D eigenvalue weighted by atomic mass is 10.0. The predicted molar refractivity (Wildman–Crippen MR) is 126 cm³/mol. The van der Waals surface area contributed by atoms with Crippen LogP contribution < -0.4 is 16.0 Å². The third-order valence-corrected chi connectivity index (χ3v) is 6.73. The first-order valence-electron chi connectivity index (χ1n) is 9.91. The van der Waals surface area contributed by atoms with Crippen molar-refractivity contribution in [3.05, 3.63) is 95.0 Å². The monoisotopic (exact) mass is 465 g/mol. The molecule has 8 heteroatoms. The van der Waals surface area contributed by atoms with Crippen molar-refractivity contribution in [3.63, 3.8) is 0 Å². The summed E-state index contributed by atoms with van der Waals surface area (Å²) >= 11 is 7.40. The molecule has 32 heavy (non-hydrogen) atoms. The highest BCUT2D eigenvalue weighted by Gasteiger charge is 2.40. The van der Waals surface area contributed by atoms with Crippen molar-refractivity contribution >= 4 is 46.8 Å². The summed E-state index contributed by atoms with van der Waals surface area (Å²) in [5.74, 6) is -1.46. The first-order chi connectivity index (χ1) is 15.4. The largest absolute Gasteiger partial charge is 0.368 e. The third kappa shape index (κ3) is 4.64. The number of fused-ring (bicyclic) bond motifs is 1. The van der Waals surface area contributed by atoms with Gasteiger partial charge in [0, 0.05) is 15.5 Å². The number of nitrogens with two attached hydrogens (primary N) is 1. The number of amides is 3. The molecule has 3 aromatic rings. The van der Waals surface area contributed by atoms with E-state index in [1.807, 2.05) is 42.5 Å². The molecule has 162 valence electrons. The zero-order valence-corrected chi connectivity index (χ0v) is 18.5. The van der Waals surface area contributed by atoms with Crippen molar-refractivity contribution in [1.82, 2.24) is 5.32 Å². The minimum Gasteiger partial charge on any atom is -0.368 e. The van der Waals surface area contributed by atoms with Crippen LogP contribution in [-0.4, -0.2) is 30.3 Å². The van der Waals surface area contributed by atoms with Crippen molar-refractivity contribution in [1.29, 1.82) is 0 Å². The maximum absolute atomic E-state index is 13.7. The smallest absolute Gasteiger partial charge is 0.251 e. The van der Waals surface area contributed by atoms with E-state index in [0.29, 0.717) is 16.3 Å². The fourth-order valence-electron chi connectivity index (χ4n) is 3.59. The summed E-state index contributed by atoms with van der Waals surface area (Å²) in [6.45, 7) is -0.286. The Balaban J connectivity index is 1.78. The molecular weight excluding hydrogens is 446 g/mol. The number of nitrogens with one attached hydrogen (secondary N) is 1. The Bertz CT molecular complexity index is 1150. The van der Waals surface area contributed by atoms with Gasteiger partial charge in [-0.1, -0.05) is 54.1 Å². The molecule has 0 unspecified atom stereocenters. The molecule has 2 atom stereocenters. The molecule has 0 bridgehead atoms. The molecule has 0 radical (unpaired) electrons. The van der Waals surface area contributed by atoms with Crippen LogP contribution in [0.15, 0.2) is 83.8 Å². The summed E-state index contributed by atoms with van der Waals surface area (Å²) in [6.07, 6.45) is 0. The lowest BCUT2D eigenvalue weighted by Gasteiger charge is -2.28. The van der Waals surface area contributed by atoms with Crippen LogP contribution in [0, 0.1) is 0 Å². The Labute approximate surface area is 194 Å². The van der Waals surface area contributed by atoms with Crippen molar-refractivity contribution < 1.29 is 14.4 Å². The molecule has 0 aliphatic carbocycles. The summed E-state index contributed by atoms with van der Waals surface area (Å²) in [6, 6.07) is 22.3. The van der Waals surface area contributed by atoms with Crippen LogP contribution in [0.1, 0.15) is 21.2 Å². The number of halogens is 1. The maximum atomic E-state index is 13.7. The SMILES string of the molecule is NC(=O)CN1C(=O)[C@H](NC(=O)c2ccc(Cl)cc2)[C@@H](c2ccccc2)Sc2ccccc21. The number of primary amides is 1. The second-order valence-electron chi connectivity index (χ2n) is 7.27. The zero-order chi connectivity index (χ0) is 22.7. The molecule has 1 heterocycles. The van der Waals surface area contributed by atoms with E-state index >= 15 is 0 Å². The van der Waals surface area contributed by atoms with Gasteiger partial charge < -0.3 is 16.0 Å². The third-order valence-electron chi connectivity index (χ3n) is 5.08. The Kier molecular flexibility index (Phi) is 6.48. The van der Waals surface area contributed by atoms with Crippen LogP contribution in [0.4, 0.5) is 5.69 Å². The highest BCUT2D eigenvalue weighted by molar-refractivity contribution is 7.99. The first-order valence-corrected chi connectivity index (χ1v) is 11.2. The van der Waals surface area contributed by atoms with Crippen molar-refractivity contribution in [3.8, 4) is 0 Å². The summed E-state index contributed by atoms with van der Waals surface area (Å²) in [5, 5.41) is 2.97. The van der Waals surface area contributed by atoms with E-state index in [1.165, 1.54) is 16.7 Å². The van der Waals surface area contributed by atoms with Crippen LogP contribution >= 0.6 is 23.4 Å². The molecule has 0 saturated heterocycles. The summed E-state index contributed by atoms with van der Waals surface area (Å²) in [7, 11) is 0. The highest BCUT2D eigenvalue weighted by Crippen LogP contribution is 2.45. The van der Waals surface area contributed by atoms with Gasteiger partial charge in [0.25, 0.3) is 11.8 Å².